The molecule has 0 saturated heterocycles. The molecule has 0 bridgehead atoms. The Balaban J connectivity index is 2.03. The van der Waals surface area contributed by atoms with Crippen molar-refractivity contribution in [3.63, 3.8) is 0 Å². The average molecular weight is 265 g/mol. The Morgan fingerprint density at radius 3 is 2.89 bits per heavy atom. The van der Waals surface area contributed by atoms with Crippen molar-refractivity contribution in [2.24, 2.45) is 0 Å². The van der Waals surface area contributed by atoms with Gasteiger partial charge in [-0.05, 0) is 6.07 Å². The number of nitro benzene ring substituents is 1. The highest BCUT2D eigenvalue weighted by atomic mass is 32.1. The number of carbonyl (C=O) groups excluding carboxylic acids is 1. The number of hydrogen-bond donors (Lipinski definition) is 2. The van der Waals surface area contributed by atoms with E-state index < -0.39 is 11.0 Å². The lowest BCUT2D eigenvalue weighted by Crippen LogP contribution is -2.19. The summed E-state index contributed by atoms with van der Waals surface area (Å²) in [6.07, 6.45) is 1.40. The summed E-state index contributed by atoms with van der Waals surface area (Å²) in [6.45, 7) is 0. The van der Waals surface area contributed by atoms with Crippen molar-refractivity contribution in [1.29, 1.82) is 0 Å². The summed E-state index contributed by atoms with van der Waals surface area (Å²) in [5.41, 5.74) is 0.230. The number of hydrogen-bond acceptors (Lipinski definition) is 6. The van der Waals surface area contributed by atoms with Crippen molar-refractivity contribution >= 4 is 35.0 Å². The van der Waals surface area contributed by atoms with Crippen LogP contribution in [0.25, 0.3) is 0 Å². The monoisotopic (exact) mass is 265 g/mol. The van der Waals surface area contributed by atoms with Crippen molar-refractivity contribution in [2.45, 2.75) is 0 Å². The van der Waals surface area contributed by atoms with Gasteiger partial charge in [-0.2, -0.15) is 8.75 Å². The van der Waals surface area contributed by atoms with Crippen molar-refractivity contribution in [3.05, 3.63) is 40.6 Å². The minimum absolute atomic E-state index is 0.0943. The molecule has 0 aliphatic heterocycles. The third-order valence-electron chi connectivity index (χ3n) is 1.92. The Morgan fingerprint density at radius 1 is 1.39 bits per heavy atom. The first-order valence-electron chi connectivity index (χ1n) is 4.75. The van der Waals surface area contributed by atoms with E-state index in [-0.39, 0.29) is 5.69 Å². The molecule has 1 heterocycles. The molecule has 92 valence electrons. The summed E-state index contributed by atoms with van der Waals surface area (Å²) in [5.74, 6) is 0.322. The zero-order valence-corrected chi connectivity index (χ0v) is 9.68. The number of benzene rings is 1. The zero-order chi connectivity index (χ0) is 13.0. The highest BCUT2D eigenvalue weighted by Crippen LogP contribution is 2.17. The molecule has 8 nitrogen and oxygen atoms in total. The molecule has 0 fully saturated rings. The van der Waals surface area contributed by atoms with Gasteiger partial charge in [0.2, 0.25) is 0 Å². The second-order valence-electron chi connectivity index (χ2n) is 3.18. The minimum atomic E-state index is -0.539. The van der Waals surface area contributed by atoms with Gasteiger partial charge in [0, 0.05) is 17.8 Å². The van der Waals surface area contributed by atoms with Crippen LogP contribution >= 0.6 is 11.7 Å². The second kappa shape index (κ2) is 5.19. The molecule has 0 saturated carbocycles. The Morgan fingerprint density at radius 2 is 2.22 bits per heavy atom. The molecule has 2 aromatic rings. The van der Waals surface area contributed by atoms with E-state index in [1.165, 1.54) is 24.4 Å². The molecule has 2 rings (SSSR count). The van der Waals surface area contributed by atoms with Crippen LogP contribution in [0, 0.1) is 10.1 Å². The summed E-state index contributed by atoms with van der Waals surface area (Å²) in [4.78, 5) is 21.5. The molecular weight excluding hydrogens is 258 g/mol. The maximum Gasteiger partial charge on any atom is 0.324 e. The van der Waals surface area contributed by atoms with Gasteiger partial charge in [-0.25, -0.2) is 4.79 Å². The third kappa shape index (κ3) is 2.98. The molecule has 0 unspecified atom stereocenters. The highest BCUT2D eigenvalue weighted by molar-refractivity contribution is 6.99. The van der Waals surface area contributed by atoms with Gasteiger partial charge < -0.3 is 5.32 Å². The maximum atomic E-state index is 11.5. The van der Waals surface area contributed by atoms with Crippen LogP contribution in [-0.2, 0) is 0 Å². The van der Waals surface area contributed by atoms with Gasteiger partial charge in [-0.1, -0.05) is 6.07 Å². The van der Waals surface area contributed by atoms with Gasteiger partial charge >= 0.3 is 6.03 Å². The van der Waals surface area contributed by atoms with E-state index in [1.807, 2.05) is 0 Å². The first-order valence-corrected chi connectivity index (χ1v) is 5.48. The number of carbonyl (C=O) groups is 1. The summed E-state index contributed by atoms with van der Waals surface area (Å²) in [5, 5.41) is 15.4. The Hall–Kier alpha value is -2.55. The number of aromatic nitrogens is 2. The van der Waals surface area contributed by atoms with Crippen LogP contribution in [-0.4, -0.2) is 19.7 Å². The number of nitro groups is 1. The first-order chi connectivity index (χ1) is 8.65. The lowest BCUT2D eigenvalue weighted by molar-refractivity contribution is -0.384. The van der Waals surface area contributed by atoms with Gasteiger partial charge in [0.25, 0.3) is 5.69 Å². The summed E-state index contributed by atoms with van der Waals surface area (Å²) in [6, 6.07) is 5.10. The summed E-state index contributed by atoms with van der Waals surface area (Å²) >= 11 is 0.962. The maximum absolute atomic E-state index is 11.5. The third-order valence-corrected chi connectivity index (χ3v) is 2.40. The van der Waals surface area contributed by atoms with Crippen LogP contribution in [0.3, 0.4) is 0 Å². The fourth-order valence-corrected chi connectivity index (χ4v) is 1.57. The predicted octanol–water partition coefficient (Wildman–Crippen LogP) is 2.09. The van der Waals surface area contributed by atoms with E-state index in [0.717, 1.165) is 11.7 Å². The van der Waals surface area contributed by atoms with Gasteiger partial charge in [0.05, 0.1) is 22.8 Å². The number of anilines is 2. The fraction of sp³-hybridized carbons (Fsp3) is 0. The van der Waals surface area contributed by atoms with Crippen LogP contribution in [0.2, 0.25) is 0 Å². The number of amides is 2. The van der Waals surface area contributed by atoms with Gasteiger partial charge in [0.1, 0.15) is 0 Å². The van der Waals surface area contributed by atoms with Crippen LogP contribution in [0.4, 0.5) is 22.0 Å². The number of rotatable bonds is 3. The number of nitrogens with zero attached hydrogens (tertiary/aromatic N) is 3. The lowest BCUT2D eigenvalue weighted by Gasteiger charge is -2.04. The average Bonchev–Trinajstić information content (AvgIpc) is 2.82. The molecule has 0 atom stereocenters. The van der Waals surface area contributed by atoms with Gasteiger partial charge in [-0.3, -0.25) is 15.4 Å². The lowest BCUT2D eigenvalue weighted by atomic mass is 10.3. The molecule has 2 N–H and O–H groups in total. The molecule has 0 aliphatic carbocycles. The minimum Gasteiger partial charge on any atom is -0.307 e. The normalized spacial score (nSPS) is 9.78. The Labute approximate surface area is 105 Å². The first kappa shape index (κ1) is 11.9. The molecule has 0 radical (unpaired) electrons. The smallest absolute Gasteiger partial charge is 0.307 e. The number of nitrogens with one attached hydrogen (secondary N) is 2. The molecule has 2 amide bonds. The standard InChI is InChI=1S/C9H7N5O3S/c15-9(12-8-5-10-18-13-8)11-6-2-1-3-7(4-6)14(16)17/h1-5H,(H2,11,12,13,15). The van der Waals surface area contributed by atoms with E-state index in [0.29, 0.717) is 11.5 Å². The van der Waals surface area contributed by atoms with Gasteiger partial charge in [0.15, 0.2) is 5.82 Å². The summed E-state index contributed by atoms with van der Waals surface area (Å²) in [7, 11) is 0. The Bertz CT molecular complexity index is 571. The highest BCUT2D eigenvalue weighted by Gasteiger charge is 2.08. The molecular formula is C9H7N5O3S. The molecule has 18 heavy (non-hydrogen) atoms. The van der Waals surface area contributed by atoms with E-state index in [2.05, 4.69) is 19.4 Å². The summed E-state index contributed by atoms with van der Waals surface area (Å²) < 4.78 is 7.51. The van der Waals surface area contributed by atoms with Crippen molar-refractivity contribution < 1.29 is 9.72 Å². The fourth-order valence-electron chi connectivity index (χ4n) is 1.20. The van der Waals surface area contributed by atoms with E-state index in [9.17, 15) is 14.9 Å². The van der Waals surface area contributed by atoms with Crippen molar-refractivity contribution in [1.82, 2.24) is 8.75 Å². The molecule has 0 aliphatic rings. The molecule has 0 spiro atoms. The molecule has 1 aromatic carbocycles. The topological polar surface area (TPSA) is 110 Å². The Kier molecular flexibility index (Phi) is 3.44. The van der Waals surface area contributed by atoms with Crippen molar-refractivity contribution in [3.8, 4) is 0 Å². The van der Waals surface area contributed by atoms with E-state index >= 15 is 0 Å². The SMILES string of the molecule is O=C(Nc1cccc([N+](=O)[O-])c1)Nc1cnsn1. The van der Waals surface area contributed by atoms with Gasteiger partial charge in [-0.15, -0.1) is 0 Å². The number of urea groups is 1. The van der Waals surface area contributed by atoms with E-state index in [4.69, 9.17) is 0 Å². The van der Waals surface area contributed by atoms with Crippen molar-refractivity contribution in [2.75, 3.05) is 10.6 Å². The largest absolute Gasteiger partial charge is 0.324 e. The van der Waals surface area contributed by atoms with Crippen LogP contribution < -0.4 is 10.6 Å². The molecule has 9 heteroatoms. The van der Waals surface area contributed by atoms with E-state index in [1.54, 1.807) is 6.07 Å². The number of non-ortho nitro benzene ring substituents is 1. The molecule has 1 aromatic heterocycles. The second-order valence-corrected chi connectivity index (χ2v) is 3.74. The van der Waals surface area contributed by atoms with Crippen LogP contribution in [0.5, 0.6) is 0 Å². The van der Waals surface area contributed by atoms with Crippen LogP contribution in [0.15, 0.2) is 30.5 Å². The predicted molar refractivity (Wildman–Crippen MR) is 65.6 cm³/mol. The zero-order valence-electron chi connectivity index (χ0n) is 8.86. The quantitative estimate of drug-likeness (QED) is 0.652. The van der Waals surface area contributed by atoms with Crippen LogP contribution in [0.1, 0.15) is 0 Å².